The number of rotatable bonds is 2. The predicted octanol–water partition coefficient (Wildman–Crippen LogP) is 5.86. The topological polar surface area (TPSA) is 18.5 Å². The highest BCUT2D eigenvalue weighted by molar-refractivity contribution is 5.54. The quantitative estimate of drug-likeness (QED) is 0.676. The number of hydrogen-bond acceptors (Lipinski definition) is 2. The van der Waals surface area contributed by atoms with Crippen molar-refractivity contribution < 1.29 is 9.47 Å². The Hall–Kier alpha value is -1.18. The summed E-state index contributed by atoms with van der Waals surface area (Å²) in [6.45, 7) is 18.4. The first-order chi connectivity index (χ1) is 11.0. The van der Waals surface area contributed by atoms with E-state index in [1.54, 1.807) is 0 Å². The smallest absolute Gasteiger partial charge is 0.124 e. The average molecular weight is 331 g/mol. The second kappa shape index (κ2) is 5.68. The van der Waals surface area contributed by atoms with E-state index in [4.69, 9.17) is 9.47 Å². The molecule has 0 amide bonds. The standard InChI is InChI=1S/C22H34O2/c1-13(2)19-11-21(5,6)15-10-18-16(9-17(15)23-19)22(7,8)12-20(24-18)14(3)4/h9-10,13-14,19-20H,11-12H2,1-8H3. The molecule has 0 spiro atoms. The summed E-state index contributed by atoms with van der Waals surface area (Å²) >= 11 is 0. The fourth-order valence-electron chi connectivity index (χ4n) is 4.19. The molecule has 0 N–H and O–H groups in total. The van der Waals surface area contributed by atoms with E-state index in [2.05, 4.69) is 67.5 Å². The third-order valence-corrected chi connectivity index (χ3v) is 6.01. The van der Waals surface area contributed by atoms with Gasteiger partial charge in [-0.1, -0.05) is 55.4 Å². The van der Waals surface area contributed by atoms with Crippen LogP contribution in [0.15, 0.2) is 12.1 Å². The first-order valence-electron chi connectivity index (χ1n) is 9.53. The van der Waals surface area contributed by atoms with Crippen LogP contribution in [-0.2, 0) is 10.8 Å². The number of ether oxygens (including phenoxy) is 2. The fraction of sp³-hybridized carbons (Fsp3) is 0.727. The minimum atomic E-state index is 0.121. The maximum Gasteiger partial charge on any atom is 0.124 e. The van der Waals surface area contributed by atoms with E-state index in [-0.39, 0.29) is 10.8 Å². The number of fused-ring (bicyclic) bond motifs is 2. The van der Waals surface area contributed by atoms with Crippen LogP contribution < -0.4 is 9.47 Å². The molecular weight excluding hydrogens is 296 g/mol. The van der Waals surface area contributed by atoms with Crippen LogP contribution in [0, 0.1) is 11.8 Å². The first kappa shape index (κ1) is 17.6. The van der Waals surface area contributed by atoms with Crippen molar-refractivity contribution in [3.05, 3.63) is 23.3 Å². The molecule has 0 aromatic heterocycles. The van der Waals surface area contributed by atoms with Crippen molar-refractivity contribution in [2.75, 3.05) is 0 Å². The van der Waals surface area contributed by atoms with E-state index in [0.29, 0.717) is 24.0 Å². The molecule has 1 aromatic carbocycles. The van der Waals surface area contributed by atoms with Crippen LogP contribution in [0.2, 0.25) is 0 Å². The highest BCUT2D eigenvalue weighted by Crippen LogP contribution is 2.50. The van der Waals surface area contributed by atoms with Gasteiger partial charge in [0.2, 0.25) is 0 Å². The fourth-order valence-corrected chi connectivity index (χ4v) is 4.19. The third kappa shape index (κ3) is 2.93. The highest BCUT2D eigenvalue weighted by Gasteiger charge is 2.41. The average Bonchev–Trinajstić information content (AvgIpc) is 2.44. The maximum atomic E-state index is 6.41. The molecule has 2 atom stereocenters. The molecule has 0 saturated heterocycles. The Morgan fingerprint density at radius 2 is 1.08 bits per heavy atom. The molecule has 2 nitrogen and oxygen atoms in total. The molecule has 0 aliphatic carbocycles. The summed E-state index contributed by atoms with van der Waals surface area (Å²) in [6, 6.07) is 4.55. The van der Waals surface area contributed by atoms with Gasteiger partial charge < -0.3 is 9.47 Å². The number of benzene rings is 1. The van der Waals surface area contributed by atoms with Gasteiger partial charge in [-0.2, -0.15) is 0 Å². The van der Waals surface area contributed by atoms with Gasteiger partial charge in [0, 0.05) is 11.1 Å². The predicted molar refractivity (Wildman–Crippen MR) is 100 cm³/mol. The van der Waals surface area contributed by atoms with Crippen molar-refractivity contribution in [1.29, 1.82) is 0 Å². The van der Waals surface area contributed by atoms with Crippen LogP contribution in [-0.4, -0.2) is 12.2 Å². The lowest BCUT2D eigenvalue weighted by Crippen LogP contribution is -2.40. The van der Waals surface area contributed by atoms with E-state index in [9.17, 15) is 0 Å². The minimum absolute atomic E-state index is 0.121. The van der Waals surface area contributed by atoms with E-state index in [0.717, 1.165) is 24.3 Å². The zero-order chi connectivity index (χ0) is 17.9. The Balaban J connectivity index is 2.09. The summed E-state index contributed by atoms with van der Waals surface area (Å²) < 4.78 is 12.8. The Labute approximate surface area is 147 Å². The van der Waals surface area contributed by atoms with Crippen LogP contribution >= 0.6 is 0 Å². The Morgan fingerprint density at radius 1 is 0.750 bits per heavy atom. The van der Waals surface area contributed by atoms with Crippen LogP contribution in [0.1, 0.15) is 79.4 Å². The lowest BCUT2D eigenvalue weighted by molar-refractivity contribution is 0.0827. The van der Waals surface area contributed by atoms with Gasteiger partial charge in [0.25, 0.3) is 0 Å². The minimum Gasteiger partial charge on any atom is -0.490 e. The summed E-state index contributed by atoms with van der Waals surface area (Å²) in [5.41, 5.74) is 2.85. The first-order valence-corrected chi connectivity index (χ1v) is 9.53. The number of hydrogen-bond donors (Lipinski definition) is 0. The van der Waals surface area contributed by atoms with Crippen LogP contribution in [0.3, 0.4) is 0 Å². The van der Waals surface area contributed by atoms with Crippen LogP contribution in [0.4, 0.5) is 0 Å². The van der Waals surface area contributed by atoms with Crippen LogP contribution in [0.5, 0.6) is 11.5 Å². The Kier molecular flexibility index (Phi) is 4.17. The molecule has 1 aromatic rings. The molecule has 2 aliphatic heterocycles. The Bertz CT molecular complexity index is 569. The van der Waals surface area contributed by atoms with Crippen molar-refractivity contribution in [2.24, 2.45) is 11.8 Å². The van der Waals surface area contributed by atoms with Crippen molar-refractivity contribution >= 4 is 0 Å². The van der Waals surface area contributed by atoms with Crippen molar-refractivity contribution in [2.45, 2.75) is 91.3 Å². The van der Waals surface area contributed by atoms with Crippen molar-refractivity contribution in [3.8, 4) is 11.5 Å². The van der Waals surface area contributed by atoms with Gasteiger partial charge >= 0.3 is 0 Å². The van der Waals surface area contributed by atoms with E-state index < -0.39 is 0 Å². The van der Waals surface area contributed by atoms with Gasteiger partial charge in [-0.15, -0.1) is 0 Å². The highest BCUT2D eigenvalue weighted by atomic mass is 16.5. The van der Waals surface area contributed by atoms with Gasteiger partial charge in [0.1, 0.15) is 23.7 Å². The zero-order valence-electron chi connectivity index (χ0n) is 16.7. The van der Waals surface area contributed by atoms with E-state index in [1.165, 1.54) is 11.1 Å². The van der Waals surface area contributed by atoms with E-state index >= 15 is 0 Å². The van der Waals surface area contributed by atoms with Gasteiger partial charge in [-0.25, -0.2) is 0 Å². The van der Waals surface area contributed by atoms with Crippen LogP contribution in [0.25, 0.3) is 0 Å². The second-order valence-electron chi connectivity index (χ2n) is 9.82. The summed E-state index contributed by atoms with van der Waals surface area (Å²) in [5, 5.41) is 0. The lowest BCUT2D eigenvalue weighted by Gasteiger charge is -2.43. The van der Waals surface area contributed by atoms with Gasteiger partial charge in [0.15, 0.2) is 0 Å². The molecule has 2 unspecified atom stereocenters. The molecule has 2 aliphatic rings. The SMILES string of the molecule is CC(C)C1CC(C)(C)c2cc3c(cc2O1)C(C)(C)CC(C(C)C)O3. The van der Waals surface area contributed by atoms with Gasteiger partial charge in [0.05, 0.1) is 0 Å². The summed E-state index contributed by atoms with van der Waals surface area (Å²) in [7, 11) is 0. The van der Waals surface area contributed by atoms with E-state index in [1.807, 2.05) is 0 Å². The zero-order valence-corrected chi connectivity index (χ0v) is 16.7. The molecular formula is C22H34O2. The van der Waals surface area contributed by atoms with Crippen molar-refractivity contribution in [3.63, 3.8) is 0 Å². The maximum absolute atomic E-state index is 6.41. The second-order valence-corrected chi connectivity index (χ2v) is 9.82. The molecule has 134 valence electrons. The molecule has 2 heterocycles. The molecule has 0 radical (unpaired) electrons. The monoisotopic (exact) mass is 330 g/mol. The normalized spacial score (nSPS) is 27.2. The molecule has 0 saturated carbocycles. The summed E-state index contributed by atoms with van der Waals surface area (Å²) in [6.07, 6.45) is 2.71. The van der Waals surface area contributed by atoms with Gasteiger partial charge in [-0.05, 0) is 47.6 Å². The Morgan fingerprint density at radius 3 is 1.38 bits per heavy atom. The molecule has 3 rings (SSSR count). The van der Waals surface area contributed by atoms with Gasteiger partial charge in [-0.3, -0.25) is 0 Å². The molecule has 0 fully saturated rings. The third-order valence-electron chi connectivity index (χ3n) is 6.01. The lowest BCUT2D eigenvalue weighted by atomic mass is 9.71. The molecule has 2 heteroatoms. The summed E-state index contributed by atoms with van der Waals surface area (Å²) in [4.78, 5) is 0. The largest absolute Gasteiger partial charge is 0.490 e. The molecule has 24 heavy (non-hydrogen) atoms. The molecule has 0 bridgehead atoms. The van der Waals surface area contributed by atoms with Crippen molar-refractivity contribution in [1.82, 2.24) is 0 Å². The summed E-state index contributed by atoms with van der Waals surface area (Å²) in [5.74, 6) is 3.21.